The lowest BCUT2D eigenvalue weighted by molar-refractivity contribution is -0.140. The number of nitrogens with one attached hydrogen (secondary N) is 3. The molecular formula is C12H22N4O5S. The lowest BCUT2D eigenvalue weighted by atomic mass is 10.1. The summed E-state index contributed by atoms with van der Waals surface area (Å²) < 4.78 is 0. The van der Waals surface area contributed by atoms with Crippen LogP contribution in [-0.4, -0.2) is 59.7 Å². The third kappa shape index (κ3) is 7.84. The third-order valence-electron chi connectivity index (χ3n) is 2.67. The number of rotatable bonds is 10. The number of thiol groups is 1. The van der Waals surface area contributed by atoms with E-state index in [-0.39, 0.29) is 6.54 Å². The molecule has 0 aromatic carbocycles. The number of carboxylic acids is 1. The van der Waals surface area contributed by atoms with Crippen LogP contribution in [-0.2, 0) is 19.2 Å². The van der Waals surface area contributed by atoms with Gasteiger partial charge in [-0.3, -0.25) is 19.2 Å². The molecule has 0 aliphatic heterocycles. The van der Waals surface area contributed by atoms with Crippen LogP contribution in [0, 0.1) is 0 Å². The minimum atomic E-state index is -1.29. The Morgan fingerprint density at radius 1 is 1.14 bits per heavy atom. The molecule has 0 saturated carbocycles. The Labute approximate surface area is 133 Å². The van der Waals surface area contributed by atoms with Gasteiger partial charge in [-0.05, 0) is 6.42 Å². The van der Waals surface area contributed by atoms with Gasteiger partial charge in [0.25, 0.3) is 0 Å². The fourth-order valence-corrected chi connectivity index (χ4v) is 1.68. The van der Waals surface area contributed by atoms with Crippen LogP contribution in [0.4, 0.5) is 0 Å². The maximum absolute atomic E-state index is 12.1. The van der Waals surface area contributed by atoms with E-state index in [1.165, 1.54) is 0 Å². The molecule has 0 aromatic heterocycles. The number of carbonyl (C=O) groups is 4. The molecule has 0 saturated heterocycles. The highest BCUT2D eigenvalue weighted by molar-refractivity contribution is 7.80. The number of carbonyl (C=O) groups excluding carboxylic acids is 3. The summed E-state index contributed by atoms with van der Waals surface area (Å²) >= 11 is 3.95. The first kappa shape index (κ1) is 20.2. The van der Waals surface area contributed by atoms with E-state index >= 15 is 0 Å². The predicted molar refractivity (Wildman–Crippen MR) is 82.3 cm³/mol. The van der Waals surface area contributed by atoms with Crippen LogP contribution in [0.2, 0.25) is 0 Å². The average molecular weight is 334 g/mol. The summed E-state index contributed by atoms with van der Waals surface area (Å²) in [4.78, 5) is 45.9. The Hall–Kier alpha value is -1.81. The van der Waals surface area contributed by atoms with Crippen LogP contribution in [0.5, 0.6) is 0 Å². The number of hydrogen-bond donors (Lipinski definition) is 6. The van der Waals surface area contributed by atoms with Crippen LogP contribution in [0.1, 0.15) is 19.8 Å². The Balaban J connectivity index is 4.78. The molecule has 0 aliphatic rings. The van der Waals surface area contributed by atoms with E-state index in [1.54, 1.807) is 6.92 Å². The molecule has 10 heteroatoms. The lowest BCUT2D eigenvalue weighted by Crippen LogP contribution is -2.54. The molecule has 0 aromatic rings. The molecule has 0 spiro atoms. The predicted octanol–water partition coefficient (Wildman–Crippen LogP) is -2.15. The largest absolute Gasteiger partial charge is 0.481 e. The van der Waals surface area contributed by atoms with Crippen LogP contribution < -0.4 is 21.7 Å². The first-order valence-corrected chi connectivity index (χ1v) is 7.39. The standard InChI is InChI=1S/C12H22N4O5S/c1-2-7(11(20)14-3-4-22)16-12(21)8(5-10(18)19)15-9(17)6-13/h7-8,22H,2-6,13H2,1H3,(H,14,20)(H,15,17)(H,16,21)(H,18,19). The zero-order chi connectivity index (χ0) is 17.1. The van der Waals surface area contributed by atoms with Gasteiger partial charge in [0.2, 0.25) is 17.7 Å². The third-order valence-corrected chi connectivity index (χ3v) is 2.89. The Morgan fingerprint density at radius 3 is 2.23 bits per heavy atom. The van der Waals surface area contributed by atoms with Gasteiger partial charge in [0.1, 0.15) is 12.1 Å². The normalized spacial score (nSPS) is 12.9. The molecule has 9 nitrogen and oxygen atoms in total. The number of aliphatic carboxylic acids is 1. The maximum Gasteiger partial charge on any atom is 0.305 e. The number of carboxylic acid groups (broad SMARTS) is 1. The maximum atomic E-state index is 12.1. The van der Waals surface area contributed by atoms with Crippen molar-refractivity contribution in [2.45, 2.75) is 31.8 Å². The molecule has 3 amide bonds. The first-order valence-electron chi connectivity index (χ1n) is 6.75. The van der Waals surface area contributed by atoms with E-state index < -0.39 is 42.2 Å². The van der Waals surface area contributed by atoms with E-state index in [0.29, 0.717) is 18.7 Å². The quantitative estimate of drug-likeness (QED) is 0.251. The van der Waals surface area contributed by atoms with Crippen molar-refractivity contribution in [3.63, 3.8) is 0 Å². The van der Waals surface area contributed by atoms with Crippen molar-refractivity contribution >= 4 is 36.3 Å². The molecule has 0 rings (SSSR count). The molecule has 0 heterocycles. The molecule has 0 fully saturated rings. The van der Waals surface area contributed by atoms with Crippen LogP contribution in [0.3, 0.4) is 0 Å². The number of amides is 3. The van der Waals surface area contributed by atoms with Crippen molar-refractivity contribution in [1.29, 1.82) is 0 Å². The zero-order valence-corrected chi connectivity index (χ0v) is 13.2. The van der Waals surface area contributed by atoms with E-state index in [2.05, 4.69) is 28.6 Å². The van der Waals surface area contributed by atoms with Crippen molar-refractivity contribution in [2.75, 3.05) is 18.8 Å². The minimum absolute atomic E-state index is 0.314. The molecule has 0 aliphatic carbocycles. The Bertz CT molecular complexity index is 418. The minimum Gasteiger partial charge on any atom is -0.481 e. The van der Waals surface area contributed by atoms with Crippen molar-refractivity contribution in [3.8, 4) is 0 Å². The molecule has 6 N–H and O–H groups in total. The lowest BCUT2D eigenvalue weighted by Gasteiger charge is -2.21. The average Bonchev–Trinajstić information content (AvgIpc) is 2.48. The van der Waals surface area contributed by atoms with Gasteiger partial charge in [-0.2, -0.15) is 12.6 Å². The van der Waals surface area contributed by atoms with Gasteiger partial charge in [-0.15, -0.1) is 0 Å². The second kappa shape index (κ2) is 10.9. The van der Waals surface area contributed by atoms with Crippen LogP contribution >= 0.6 is 12.6 Å². The fraction of sp³-hybridized carbons (Fsp3) is 0.667. The van der Waals surface area contributed by atoms with Gasteiger partial charge in [-0.25, -0.2) is 0 Å². The van der Waals surface area contributed by atoms with E-state index in [9.17, 15) is 19.2 Å². The van der Waals surface area contributed by atoms with E-state index in [0.717, 1.165) is 0 Å². The van der Waals surface area contributed by atoms with Crippen molar-refractivity contribution in [3.05, 3.63) is 0 Å². The summed E-state index contributed by atoms with van der Waals surface area (Å²) in [7, 11) is 0. The van der Waals surface area contributed by atoms with Gasteiger partial charge in [0, 0.05) is 12.3 Å². The Morgan fingerprint density at radius 2 is 1.77 bits per heavy atom. The van der Waals surface area contributed by atoms with Gasteiger partial charge >= 0.3 is 5.97 Å². The second-order valence-corrected chi connectivity index (χ2v) is 4.85. The summed E-state index contributed by atoms with van der Waals surface area (Å²) in [5.41, 5.74) is 5.12. The summed E-state index contributed by atoms with van der Waals surface area (Å²) in [5, 5.41) is 16.0. The second-order valence-electron chi connectivity index (χ2n) is 4.41. The molecular weight excluding hydrogens is 312 g/mol. The van der Waals surface area contributed by atoms with Gasteiger partial charge in [0.05, 0.1) is 13.0 Å². The summed E-state index contributed by atoms with van der Waals surface area (Å²) in [6.45, 7) is 1.66. The molecule has 0 radical (unpaired) electrons. The highest BCUT2D eigenvalue weighted by Gasteiger charge is 2.27. The van der Waals surface area contributed by atoms with E-state index in [1.807, 2.05) is 0 Å². The number of nitrogens with two attached hydrogens (primary N) is 1. The first-order chi connectivity index (χ1) is 10.3. The van der Waals surface area contributed by atoms with E-state index in [4.69, 9.17) is 10.8 Å². The van der Waals surface area contributed by atoms with Crippen LogP contribution in [0.15, 0.2) is 0 Å². The smallest absolute Gasteiger partial charge is 0.305 e. The summed E-state index contributed by atoms with van der Waals surface area (Å²) in [6.07, 6.45) is -0.291. The molecule has 2 unspecified atom stereocenters. The molecule has 2 atom stereocenters. The molecule has 0 bridgehead atoms. The van der Waals surface area contributed by atoms with Crippen molar-refractivity contribution < 1.29 is 24.3 Å². The fourth-order valence-electron chi connectivity index (χ4n) is 1.56. The summed E-state index contributed by atoms with van der Waals surface area (Å²) in [6, 6.07) is -2.11. The molecule has 22 heavy (non-hydrogen) atoms. The van der Waals surface area contributed by atoms with Crippen LogP contribution in [0.25, 0.3) is 0 Å². The number of hydrogen-bond acceptors (Lipinski definition) is 6. The SMILES string of the molecule is CCC(NC(=O)C(CC(=O)O)NC(=O)CN)C(=O)NCCS. The highest BCUT2D eigenvalue weighted by atomic mass is 32.1. The van der Waals surface area contributed by atoms with Crippen molar-refractivity contribution in [1.82, 2.24) is 16.0 Å². The zero-order valence-electron chi connectivity index (χ0n) is 12.3. The van der Waals surface area contributed by atoms with Gasteiger partial charge in [0.15, 0.2) is 0 Å². The monoisotopic (exact) mass is 334 g/mol. The topological polar surface area (TPSA) is 151 Å². The molecule has 126 valence electrons. The van der Waals surface area contributed by atoms with Gasteiger partial charge in [-0.1, -0.05) is 6.92 Å². The van der Waals surface area contributed by atoms with Crippen molar-refractivity contribution in [2.24, 2.45) is 5.73 Å². The van der Waals surface area contributed by atoms with Gasteiger partial charge < -0.3 is 26.8 Å². The summed E-state index contributed by atoms with van der Waals surface area (Å²) in [5.74, 6) is -2.62. The Kier molecular flexibility index (Phi) is 9.96. The highest BCUT2D eigenvalue weighted by Crippen LogP contribution is 1.98.